The molecule has 1 heterocycles. The van der Waals surface area contributed by atoms with Crippen molar-refractivity contribution in [3.8, 4) is 0 Å². The number of aromatic nitrogens is 1. The van der Waals surface area contributed by atoms with Gasteiger partial charge >= 0.3 is 0 Å². The van der Waals surface area contributed by atoms with Crippen molar-refractivity contribution in [2.75, 3.05) is 24.6 Å². The highest BCUT2D eigenvalue weighted by atomic mass is 79.9. The molecule has 0 aliphatic rings. The van der Waals surface area contributed by atoms with Crippen molar-refractivity contribution < 1.29 is 13.2 Å². The van der Waals surface area contributed by atoms with Crippen LogP contribution in [0.2, 0.25) is 5.02 Å². The molecule has 0 radical (unpaired) electrons. The standard InChI is InChI=1S/C15H16BrClN4O3S/c1-9-3-4-11(6-12(9)17)20-14(22)8-21(2)25(23,24)13-5-10(16)7-19-15(13)18/h3-7H,8H2,1-2H3,(H2,18,19)(H,20,22). The smallest absolute Gasteiger partial charge is 0.246 e. The normalized spacial score (nSPS) is 11.6. The molecule has 0 aliphatic heterocycles. The molecule has 0 bridgehead atoms. The fourth-order valence-corrected chi connectivity index (χ4v) is 3.84. The molecule has 7 nitrogen and oxygen atoms in total. The maximum Gasteiger partial charge on any atom is 0.246 e. The molecule has 25 heavy (non-hydrogen) atoms. The average Bonchev–Trinajstić information content (AvgIpc) is 2.53. The summed E-state index contributed by atoms with van der Waals surface area (Å²) in [5.74, 6) is -0.645. The minimum Gasteiger partial charge on any atom is -0.383 e. The Bertz CT molecular complexity index is 921. The van der Waals surface area contributed by atoms with E-state index in [4.69, 9.17) is 17.3 Å². The fraction of sp³-hybridized carbons (Fsp3) is 0.200. The molecular weight excluding hydrogens is 432 g/mol. The first-order valence-electron chi connectivity index (χ1n) is 7.04. The van der Waals surface area contributed by atoms with Crippen molar-refractivity contribution in [2.45, 2.75) is 11.8 Å². The molecule has 0 unspecified atom stereocenters. The van der Waals surface area contributed by atoms with Crippen LogP contribution in [0.5, 0.6) is 0 Å². The molecule has 2 aromatic rings. The first kappa shape index (κ1) is 19.6. The van der Waals surface area contributed by atoms with Gasteiger partial charge in [-0.2, -0.15) is 4.31 Å². The highest BCUT2D eigenvalue weighted by Crippen LogP contribution is 2.24. The number of halogens is 2. The van der Waals surface area contributed by atoms with Crippen LogP contribution < -0.4 is 11.1 Å². The van der Waals surface area contributed by atoms with Crippen LogP contribution in [0.1, 0.15) is 5.56 Å². The molecular formula is C15H16BrClN4O3S. The zero-order valence-corrected chi connectivity index (χ0v) is 16.6. The molecule has 0 saturated heterocycles. The van der Waals surface area contributed by atoms with Crippen LogP contribution in [0.4, 0.5) is 11.5 Å². The number of anilines is 2. The van der Waals surface area contributed by atoms with Gasteiger partial charge in [-0.25, -0.2) is 13.4 Å². The van der Waals surface area contributed by atoms with Crippen LogP contribution in [0.25, 0.3) is 0 Å². The Hall–Kier alpha value is -1.68. The maximum atomic E-state index is 12.6. The highest BCUT2D eigenvalue weighted by molar-refractivity contribution is 9.10. The summed E-state index contributed by atoms with van der Waals surface area (Å²) >= 11 is 9.16. The lowest BCUT2D eigenvalue weighted by Crippen LogP contribution is -2.35. The molecule has 0 fully saturated rings. The van der Waals surface area contributed by atoms with E-state index in [9.17, 15) is 13.2 Å². The third-order valence-electron chi connectivity index (χ3n) is 3.36. The average molecular weight is 448 g/mol. The molecule has 10 heteroatoms. The number of pyridine rings is 1. The third kappa shape index (κ3) is 4.69. The Morgan fingerprint density at radius 3 is 2.72 bits per heavy atom. The Morgan fingerprint density at radius 2 is 2.08 bits per heavy atom. The molecule has 0 atom stereocenters. The number of nitrogens with two attached hydrogens (primary N) is 1. The van der Waals surface area contributed by atoms with Gasteiger partial charge in [0.2, 0.25) is 15.9 Å². The van der Waals surface area contributed by atoms with Crippen molar-refractivity contribution in [3.05, 3.63) is 45.5 Å². The molecule has 2 rings (SSSR count). The summed E-state index contributed by atoms with van der Waals surface area (Å²) in [7, 11) is -2.68. The first-order valence-corrected chi connectivity index (χ1v) is 9.65. The summed E-state index contributed by atoms with van der Waals surface area (Å²) in [5, 5.41) is 3.11. The molecule has 134 valence electrons. The zero-order chi connectivity index (χ0) is 18.8. The Labute approximate surface area is 159 Å². The van der Waals surface area contributed by atoms with Crippen molar-refractivity contribution >= 4 is 55.0 Å². The molecule has 3 N–H and O–H groups in total. The summed E-state index contributed by atoms with van der Waals surface area (Å²) in [4.78, 5) is 15.8. The second-order valence-corrected chi connectivity index (χ2v) is 8.65. The summed E-state index contributed by atoms with van der Waals surface area (Å²) in [6.45, 7) is 1.45. The molecule has 0 aliphatic carbocycles. The van der Waals surface area contributed by atoms with Crippen LogP contribution in [0.3, 0.4) is 0 Å². The number of carbonyl (C=O) groups excluding carboxylic acids is 1. The minimum atomic E-state index is -3.97. The van der Waals surface area contributed by atoms with E-state index in [2.05, 4.69) is 26.2 Å². The molecule has 1 amide bonds. The monoisotopic (exact) mass is 446 g/mol. The SMILES string of the molecule is Cc1ccc(NC(=O)CN(C)S(=O)(=O)c2cc(Br)cnc2N)cc1Cl. The number of likely N-dealkylation sites (N-methyl/N-ethyl adjacent to an activating group) is 1. The van der Waals surface area contributed by atoms with Crippen molar-refractivity contribution in [2.24, 2.45) is 0 Å². The quantitative estimate of drug-likeness (QED) is 0.733. The van der Waals surface area contributed by atoms with Crippen LogP contribution in [0.15, 0.2) is 39.8 Å². The van der Waals surface area contributed by atoms with E-state index < -0.39 is 15.9 Å². The number of hydrogen-bond donors (Lipinski definition) is 2. The van der Waals surface area contributed by atoms with Gasteiger partial charge in [0, 0.05) is 28.4 Å². The van der Waals surface area contributed by atoms with Gasteiger partial charge < -0.3 is 11.1 Å². The van der Waals surface area contributed by atoms with E-state index in [1.807, 2.05) is 6.92 Å². The lowest BCUT2D eigenvalue weighted by molar-refractivity contribution is -0.116. The fourth-order valence-electron chi connectivity index (χ4n) is 1.96. The number of sulfonamides is 1. The predicted octanol–water partition coefficient (Wildman–Crippen LogP) is 2.65. The van der Waals surface area contributed by atoms with Crippen molar-refractivity contribution in [1.29, 1.82) is 0 Å². The van der Waals surface area contributed by atoms with E-state index in [1.54, 1.807) is 18.2 Å². The van der Waals surface area contributed by atoms with Crippen LogP contribution in [0, 0.1) is 6.92 Å². The van der Waals surface area contributed by atoms with Gasteiger partial charge in [0.1, 0.15) is 10.7 Å². The van der Waals surface area contributed by atoms with Gasteiger partial charge in [0.15, 0.2) is 0 Å². The maximum absolute atomic E-state index is 12.6. The molecule has 1 aromatic carbocycles. The first-order chi connectivity index (χ1) is 11.6. The number of hydrogen-bond acceptors (Lipinski definition) is 5. The van der Waals surface area contributed by atoms with Crippen LogP contribution >= 0.6 is 27.5 Å². The zero-order valence-electron chi connectivity index (χ0n) is 13.5. The van der Waals surface area contributed by atoms with Gasteiger partial charge in [0.25, 0.3) is 0 Å². The van der Waals surface area contributed by atoms with Crippen molar-refractivity contribution in [3.63, 3.8) is 0 Å². The molecule has 1 aromatic heterocycles. The third-order valence-corrected chi connectivity index (χ3v) is 6.03. The Balaban J connectivity index is 2.14. The van der Waals surface area contributed by atoms with E-state index >= 15 is 0 Å². The number of nitrogens with zero attached hydrogens (tertiary/aromatic N) is 2. The van der Waals surface area contributed by atoms with Gasteiger partial charge in [0.05, 0.1) is 6.54 Å². The second-order valence-electron chi connectivity index (χ2n) is 5.31. The van der Waals surface area contributed by atoms with E-state index in [-0.39, 0.29) is 17.3 Å². The highest BCUT2D eigenvalue weighted by Gasteiger charge is 2.26. The van der Waals surface area contributed by atoms with Crippen molar-refractivity contribution in [1.82, 2.24) is 9.29 Å². The number of benzene rings is 1. The number of nitrogen functional groups attached to an aromatic ring is 1. The second kappa shape index (κ2) is 7.69. The number of aryl methyl sites for hydroxylation is 1. The molecule has 0 spiro atoms. The largest absolute Gasteiger partial charge is 0.383 e. The van der Waals surface area contributed by atoms with E-state index in [1.165, 1.54) is 19.3 Å². The lowest BCUT2D eigenvalue weighted by Gasteiger charge is -2.18. The van der Waals surface area contributed by atoms with E-state index in [0.29, 0.717) is 15.2 Å². The predicted molar refractivity (Wildman–Crippen MR) is 101 cm³/mol. The van der Waals surface area contributed by atoms with E-state index in [0.717, 1.165) is 9.87 Å². The van der Waals surface area contributed by atoms with Gasteiger partial charge in [-0.05, 0) is 46.6 Å². The Morgan fingerprint density at radius 1 is 1.40 bits per heavy atom. The lowest BCUT2D eigenvalue weighted by atomic mass is 10.2. The number of amides is 1. The minimum absolute atomic E-state index is 0.138. The van der Waals surface area contributed by atoms with Gasteiger partial charge in [-0.3, -0.25) is 4.79 Å². The molecule has 0 saturated carbocycles. The summed E-state index contributed by atoms with van der Waals surface area (Å²) in [5.41, 5.74) is 7.00. The van der Waals surface area contributed by atoms with Crippen LogP contribution in [-0.2, 0) is 14.8 Å². The number of rotatable bonds is 5. The summed E-state index contributed by atoms with van der Waals surface area (Å²) in [6.07, 6.45) is 1.39. The summed E-state index contributed by atoms with van der Waals surface area (Å²) in [6, 6.07) is 6.38. The summed E-state index contributed by atoms with van der Waals surface area (Å²) < 4.78 is 26.5. The van der Waals surface area contributed by atoms with Gasteiger partial charge in [-0.1, -0.05) is 17.7 Å². The Kier molecular flexibility index (Phi) is 6.04. The number of nitrogens with one attached hydrogen (secondary N) is 1. The topological polar surface area (TPSA) is 105 Å². The van der Waals surface area contributed by atoms with Gasteiger partial charge in [-0.15, -0.1) is 0 Å². The van der Waals surface area contributed by atoms with Crippen LogP contribution in [-0.4, -0.2) is 37.2 Å². The number of carbonyl (C=O) groups is 1.